The Bertz CT molecular complexity index is 540. The number of unbranched alkanes of at least 4 members (excludes halogenated alkanes) is 3. The number of aromatic nitrogens is 1. The van der Waals surface area contributed by atoms with Crippen LogP contribution >= 0.6 is 0 Å². The fraction of sp³-hybridized carbons (Fsp3) is 0.353. The van der Waals surface area contributed by atoms with Gasteiger partial charge in [-0.15, -0.1) is 0 Å². The van der Waals surface area contributed by atoms with Crippen molar-refractivity contribution in [2.75, 3.05) is 17.7 Å². The Morgan fingerprint density at radius 3 is 2.62 bits per heavy atom. The van der Waals surface area contributed by atoms with Crippen molar-refractivity contribution in [2.24, 2.45) is 0 Å². The van der Waals surface area contributed by atoms with Crippen molar-refractivity contribution < 1.29 is 4.74 Å². The number of rotatable bonds is 8. The lowest BCUT2D eigenvalue weighted by atomic mass is 10.2. The van der Waals surface area contributed by atoms with E-state index in [2.05, 4.69) is 17.2 Å². The van der Waals surface area contributed by atoms with Crippen LogP contribution in [0.2, 0.25) is 0 Å². The number of anilines is 3. The first-order valence-corrected chi connectivity index (χ1v) is 7.50. The standard InChI is InChI=1S/C17H23N3O/c1-2-3-4-5-13-21-15-10-8-14(9-11-15)20-17-16(18)7-6-12-19-17/h6-12H,2-5,13,18H2,1H3,(H,19,20). The van der Waals surface area contributed by atoms with Gasteiger partial charge < -0.3 is 15.8 Å². The third-order valence-electron chi connectivity index (χ3n) is 3.22. The van der Waals surface area contributed by atoms with Gasteiger partial charge >= 0.3 is 0 Å². The molecule has 3 N–H and O–H groups in total. The minimum absolute atomic E-state index is 0.633. The van der Waals surface area contributed by atoms with Gasteiger partial charge in [0, 0.05) is 11.9 Å². The predicted octanol–water partition coefficient (Wildman–Crippen LogP) is 4.37. The minimum Gasteiger partial charge on any atom is -0.494 e. The Balaban J connectivity index is 1.83. The Hall–Kier alpha value is -2.23. The van der Waals surface area contributed by atoms with E-state index in [1.807, 2.05) is 36.4 Å². The summed E-state index contributed by atoms with van der Waals surface area (Å²) in [4.78, 5) is 4.21. The second-order valence-corrected chi connectivity index (χ2v) is 5.00. The number of nitrogens with zero attached hydrogens (tertiary/aromatic N) is 1. The molecule has 1 heterocycles. The van der Waals surface area contributed by atoms with Crippen molar-refractivity contribution >= 4 is 17.2 Å². The molecule has 2 aromatic rings. The average molecular weight is 285 g/mol. The van der Waals surface area contributed by atoms with Crippen molar-refractivity contribution in [2.45, 2.75) is 32.6 Å². The molecular formula is C17H23N3O. The summed E-state index contributed by atoms with van der Waals surface area (Å²) >= 11 is 0. The quantitative estimate of drug-likeness (QED) is 0.707. The van der Waals surface area contributed by atoms with E-state index in [1.165, 1.54) is 19.3 Å². The summed E-state index contributed by atoms with van der Waals surface area (Å²) < 4.78 is 5.71. The number of hydrogen-bond donors (Lipinski definition) is 2. The molecule has 0 radical (unpaired) electrons. The van der Waals surface area contributed by atoms with Crippen LogP contribution in [0.25, 0.3) is 0 Å². The number of ether oxygens (including phenoxy) is 1. The van der Waals surface area contributed by atoms with Gasteiger partial charge in [-0.1, -0.05) is 26.2 Å². The molecule has 2 rings (SSSR count). The fourth-order valence-corrected chi connectivity index (χ4v) is 2.01. The summed E-state index contributed by atoms with van der Waals surface area (Å²) in [7, 11) is 0. The molecule has 0 fully saturated rings. The predicted molar refractivity (Wildman–Crippen MR) is 88.0 cm³/mol. The van der Waals surface area contributed by atoms with E-state index in [0.717, 1.165) is 24.5 Å². The minimum atomic E-state index is 0.633. The number of pyridine rings is 1. The maximum atomic E-state index is 5.85. The van der Waals surface area contributed by atoms with Crippen LogP contribution in [0.3, 0.4) is 0 Å². The van der Waals surface area contributed by atoms with Gasteiger partial charge in [0.2, 0.25) is 0 Å². The molecule has 0 aliphatic heterocycles. The van der Waals surface area contributed by atoms with Gasteiger partial charge in [0.05, 0.1) is 12.3 Å². The molecule has 0 saturated heterocycles. The highest BCUT2D eigenvalue weighted by Gasteiger charge is 2.00. The zero-order valence-corrected chi connectivity index (χ0v) is 12.5. The van der Waals surface area contributed by atoms with Crippen LogP contribution in [0.15, 0.2) is 42.6 Å². The highest BCUT2D eigenvalue weighted by atomic mass is 16.5. The third-order valence-corrected chi connectivity index (χ3v) is 3.22. The first-order chi connectivity index (χ1) is 10.3. The number of hydrogen-bond acceptors (Lipinski definition) is 4. The van der Waals surface area contributed by atoms with E-state index in [4.69, 9.17) is 10.5 Å². The van der Waals surface area contributed by atoms with Crippen molar-refractivity contribution in [3.05, 3.63) is 42.6 Å². The topological polar surface area (TPSA) is 60.2 Å². The summed E-state index contributed by atoms with van der Waals surface area (Å²) in [5.41, 5.74) is 7.43. The van der Waals surface area contributed by atoms with Crippen molar-refractivity contribution in [1.82, 2.24) is 4.98 Å². The van der Waals surface area contributed by atoms with Crippen LogP contribution in [0.5, 0.6) is 5.75 Å². The molecule has 0 atom stereocenters. The zero-order valence-electron chi connectivity index (χ0n) is 12.5. The van der Waals surface area contributed by atoms with Crippen LogP contribution in [-0.2, 0) is 0 Å². The molecule has 4 heteroatoms. The first kappa shape index (κ1) is 15.2. The Morgan fingerprint density at radius 1 is 1.10 bits per heavy atom. The second-order valence-electron chi connectivity index (χ2n) is 5.00. The molecule has 1 aromatic heterocycles. The summed E-state index contributed by atoms with van der Waals surface area (Å²) in [6.07, 6.45) is 6.58. The van der Waals surface area contributed by atoms with Gasteiger partial charge in [-0.3, -0.25) is 0 Å². The Kier molecular flexibility index (Phi) is 5.88. The highest BCUT2D eigenvalue weighted by Crippen LogP contribution is 2.22. The van der Waals surface area contributed by atoms with Crippen molar-refractivity contribution in [1.29, 1.82) is 0 Å². The molecule has 0 aliphatic carbocycles. The normalized spacial score (nSPS) is 10.3. The third kappa shape index (κ3) is 4.99. The summed E-state index contributed by atoms with van der Waals surface area (Å²) in [5.74, 6) is 1.57. The van der Waals surface area contributed by atoms with E-state index in [9.17, 15) is 0 Å². The van der Waals surface area contributed by atoms with E-state index in [0.29, 0.717) is 11.5 Å². The molecule has 0 saturated carbocycles. The maximum absolute atomic E-state index is 5.85. The second kappa shape index (κ2) is 8.15. The Labute approximate surface area is 126 Å². The van der Waals surface area contributed by atoms with Crippen LogP contribution in [0, 0.1) is 0 Å². The molecular weight excluding hydrogens is 262 g/mol. The molecule has 0 unspecified atom stereocenters. The lowest BCUT2D eigenvalue weighted by Crippen LogP contribution is -1.99. The van der Waals surface area contributed by atoms with Crippen LogP contribution in [-0.4, -0.2) is 11.6 Å². The number of benzene rings is 1. The number of nitrogens with one attached hydrogen (secondary N) is 1. The van der Waals surface area contributed by atoms with Gasteiger partial charge in [-0.2, -0.15) is 0 Å². The highest BCUT2D eigenvalue weighted by molar-refractivity contribution is 5.68. The molecule has 0 bridgehead atoms. The van der Waals surface area contributed by atoms with E-state index in [1.54, 1.807) is 6.20 Å². The van der Waals surface area contributed by atoms with Gasteiger partial charge in [0.25, 0.3) is 0 Å². The smallest absolute Gasteiger partial charge is 0.153 e. The van der Waals surface area contributed by atoms with Gasteiger partial charge in [-0.05, 0) is 42.8 Å². The summed E-state index contributed by atoms with van der Waals surface area (Å²) in [6.45, 7) is 2.99. The molecule has 1 aromatic carbocycles. The Morgan fingerprint density at radius 2 is 1.90 bits per heavy atom. The fourth-order valence-electron chi connectivity index (χ4n) is 2.01. The van der Waals surface area contributed by atoms with E-state index < -0.39 is 0 Å². The van der Waals surface area contributed by atoms with Gasteiger partial charge in [-0.25, -0.2) is 4.98 Å². The zero-order chi connectivity index (χ0) is 14.9. The monoisotopic (exact) mass is 285 g/mol. The van der Waals surface area contributed by atoms with Gasteiger partial charge in [0.1, 0.15) is 5.75 Å². The first-order valence-electron chi connectivity index (χ1n) is 7.50. The maximum Gasteiger partial charge on any atom is 0.153 e. The molecule has 4 nitrogen and oxygen atoms in total. The lowest BCUT2D eigenvalue weighted by Gasteiger charge is -2.09. The van der Waals surface area contributed by atoms with Crippen LogP contribution in [0.4, 0.5) is 17.2 Å². The SMILES string of the molecule is CCCCCCOc1ccc(Nc2ncccc2N)cc1. The van der Waals surface area contributed by atoms with Crippen LogP contribution < -0.4 is 15.8 Å². The summed E-state index contributed by atoms with van der Waals surface area (Å²) in [6, 6.07) is 11.5. The number of nitrogens with two attached hydrogens (primary N) is 1. The summed E-state index contributed by atoms with van der Waals surface area (Å²) in [5, 5.41) is 3.19. The molecule has 0 aliphatic rings. The molecule has 21 heavy (non-hydrogen) atoms. The van der Waals surface area contributed by atoms with E-state index in [-0.39, 0.29) is 0 Å². The molecule has 112 valence electrons. The molecule has 0 amide bonds. The van der Waals surface area contributed by atoms with Crippen LogP contribution in [0.1, 0.15) is 32.6 Å². The van der Waals surface area contributed by atoms with Crippen molar-refractivity contribution in [3.8, 4) is 5.75 Å². The number of nitrogen functional groups attached to an aromatic ring is 1. The largest absolute Gasteiger partial charge is 0.494 e. The van der Waals surface area contributed by atoms with E-state index >= 15 is 0 Å². The molecule has 0 spiro atoms. The lowest BCUT2D eigenvalue weighted by molar-refractivity contribution is 0.305. The average Bonchev–Trinajstić information content (AvgIpc) is 2.51. The van der Waals surface area contributed by atoms with Gasteiger partial charge in [0.15, 0.2) is 5.82 Å². The van der Waals surface area contributed by atoms with Crippen molar-refractivity contribution in [3.63, 3.8) is 0 Å².